The van der Waals surface area contributed by atoms with Crippen molar-refractivity contribution in [1.82, 2.24) is 5.32 Å². The van der Waals surface area contributed by atoms with Gasteiger partial charge in [-0.2, -0.15) is 0 Å². The normalized spacial score (nSPS) is 27.2. The predicted octanol–water partition coefficient (Wildman–Crippen LogP) is 2.01. The summed E-state index contributed by atoms with van der Waals surface area (Å²) in [7, 11) is 0. The van der Waals surface area contributed by atoms with Gasteiger partial charge in [-0.3, -0.25) is 4.79 Å². The van der Waals surface area contributed by atoms with Gasteiger partial charge in [0.15, 0.2) is 0 Å². The highest BCUT2D eigenvalue weighted by atomic mass is 16.3. The summed E-state index contributed by atoms with van der Waals surface area (Å²) in [4.78, 5) is 11.5. The quantitative estimate of drug-likeness (QED) is 0.752. The third kappa shape index (κ3) is 3.08. The van der Waals surface area contributed by atoms with Crippen LogP contribution in [-0.2, 0) is 4.79 Å². The molecule has 0 saturated carbocycles. The van der Waals surface area contributed by atoms with Crippen molar-refractivity contribution in [2.75, 3.05) is 0 Å². The third-order valence-corrected chi connectivity index (χ3v) is 3.16. The van der Waals surface area contributed by atoms with Crippen molar-refractivity contribution in [3.8, 4) is 0 Å². The minimum absolute atomic E-state index is 0.00111. The molecule has 92 valence electrons. The smallest absolute Gasteiger partial charge is 0.244 e. The molecule has 1 amide bonds. The number of hydrogen-bond acceptors (Lipinski definition) is 2. The van der Waals surface area contributed by atoms with E-state index in [1.54, 1.807) is 6.08 Å². The van der Waals surface area contributed by atoms with Crippen LogP contribution in [-0.4, -0.2) is 23.2 Å². The molecule has 1 aliphatic rings. The van der Waals surface area contributed by atoms with Crippen LogP contribution in [0.15, 0.2) is 11.6 Å². The van der Waals surface area contributed by atoms with Crippen LogP contribution in [0.2, 0.25) is 0 Å². The first-order valence-electron chi connectivity index (χ1n) is 6.29. The lowest BCUT2D eigenvalue weighted by molar-refractivity contribution is -0.118. The second-order valence-electron chi connectivity index (χ2n) is 4.64. The van der Waals surface area contributed by atoms with Gasteiger partial charge in [0.2, 0.25) is 5.91 Å². The minimum Gasteiger partial charge on any atom is -0.393 e. The van der Waals surface area contributed by atoms with Gasteiger partial charge in [-0.15, -0.1) is 0 Å². The summed E-state index contributed by atoms with van der Waals surface area (Å²) in [6.45, 7) is 6.01. The van der Waals surface area contributed by atoms with E-state index in [1.807, 2.05) is 6.92 Å². The fourth-order valence-electron chi connectivity index (χ4n) is 2.57. The van der Waals surface area contributed by atoms with E-state index in [2.05, 4.69) is 19.2 Å². The molecule has 0 radical (unpaired) electrons. The Labute approximate surface area is 97.9 Å². The molecule has 3 unspecified atom stereocenters. The summed E-state index contributed by atoms with van der Waals surface area (Å²) in [5, 5.41) is 12.8. The lowest BCUT2D eigenvalue weighted by Crippen LogP contribution is -2.47. The van der Waals surface area contributed by atoms with Crippen LogP contribution in [0, 0.1) is 5.92 Å². The summed E-state index contributed by atoms with van der Waals surface area (Å²) < 4.78 is 0. The van der Waals surface area contributed by atoms with Gasteiger partial charge in [0, 0.05) is 18.0 Å². The third-order valence-electron chi connectivity index (χ3n) is 3.16. The molecule has 0 aromatic rings. The molecule has 1 rings (SSSR count). The highest BCUT2D eigenvalue weighted by Crippen LogP contribution is 2.28. The van der Waals surface area contributed by atoms with Crippen LogP contribution in [0.3, 0.4) is 0 Å². The SMILES string of the molecule is CCCC1=CC(=O)NC(CCC)C1C(C)O. The fraction of sp³-hybridized carbons (Fsp3) is 0.769. The Bertz CT molecular complexity index is 271. The van der Waals surface area contributed by atoms with E-state index in [0.717, 1.165) is 31.3 Å². The summed E-state index contributed by atoms with van der Waals surface area (Å²) in [5.41, 5.74) is 1.11. The first-order valence-corrected chi connectivity index (χ1v) is 6.29. The van der Waals surface area contributed by atoms with Crippen molar-refractivity contribution >= 4 is 5.91 Å². The first kappa shape index (κ1) is 13.2. The summed E-state index contributed by atoms with van der Waals surface area (Å²) in [6, 6.07) is 0.101. The van der Waals surface area contributed by atoms with Gasteiger partial charge >= 0.3 is 0 Å². The van der Waals surface area contributed by atoms with Gasteiger partial charge in [-0.25, -0.2) is 0 Å². The second-order valence-corrected chi connectivity index (χ2v) is 4.64. The van der Waals surface area contributed by atoms with Crippen LogP contribution in [0.5, 0.6) is 0 Å². The topological polar surface area (TPSA) is 49.3 Å². The molecule has 2 N–H and O–H groups in total. The predicted molar refractivity (Wildman–Crippen MR) is 65.0 cm³/mol. The number of rotatable bonds is 5. The molecule has 0 saturated heterocycles. The van der Waals surface area contributed by atoms with Gasteiger partial charge in [0.05, 0.1) is 6.10 Å². The minimum atomic E-state index is -0.394. The number of amides is 1. The highest BCUT2D eigenvalue weighted by molar-refractivity contribution is 5.89. The van der Waals surface area contributed by atoms with E-state index >= 15 is 0 Å². The number of carbonyl (C=O) groups excluding carboxylic acids is 1. The molecule has 16 heavy (non-hydrogen) atoms. The zero-order valence-corrected chi connectivity index (χ0v) is 10.5. The van der Waals surface area contributed by atoms with Crippen molar-refractivity contribution in [2.24, 2.45) is 5.92 Å². The van der Waals surface area contributed by atoms with Gasteiger partial charge < -0.3 is 10.4 Å². The average molecular weight is 225 g/mol. The van der Waals surface area contributed by atoms with Crippen LogP contribution in [0.4, 0.5) is 0 Å². The first-order chi connectivity index (χ1) is 7.60. The summed E-state index contributed by atoms with van der Waals surface area (Å²) in [6.07, 6.45) is 5.16. The maximum Gasteiger partial charge on any atom is 0.244 e. The number of aliphatic hydroxyl groups excluding tert-OH is 1. The van der Waals surface area contributed by atoms with E-state index in [-0.39, 0.29) is 17.9 Å². The van der Waals surface area contributed by atoms with Gasteiger partial charge in [0.25, 0.3) is 0 Å². The van der Waals surface area contributed by atoms with Crippen molar-refractivity contribution in [1.29, 1.82) is 0 Å². The standard InChI is InChI=1S/C13H23NO2/c1-4-6-10-8-12(16)14-11(7-5-2)13(10)9(3)15/h8-9,11,13,15H,4-7H2,1-3H3,(H,14,16). The van der Waals surface area contributed by atoms with E-state index in [4.69, 9.17) is 0 Å². The zero-order valence-electron chi connectivity index (χ0n) is 10.5. The molecule has 0 aliphatic carbocycles. The average Bonchev–Trinajstić information content (AvgIpc) is 2.17. The Balaban J connectivity index is 2.89. The van der Waals surface area contributed by atoms with Crippen LogP contribution in [0.25, 0.3) is 0 Å². The molecule has 1 heterocycles. The van der Waals surface area contributed by atoms with Crippen molar-refractivity contribution in [2.45, 2.75) is 58.6 Å². The molecule has 1 aliphatic heterocycles. The Kier molecular flexibility index (Phi) is 5.00. The Hall–Kier alpha value is -0.830. The fourth-order valence-corrected chi connectivity index (χ4v) is 2.57. The molecule has 3 atom stereocenters. The number of carbonyl (C=O) groups is 1. The maximum atomic E-state index is 11.5. The largest absolute Gasteiger partial charge is 0.393 e. The second kappa shape index (κ2) is 6.04. The number of hydrogen-bond donors (Lipinski definition) is 2. The lowest BCUT2D eigenvalue weighted by atomic mass is 9.80. The summed E-state index contributed by atoms with van der Waals surface area (Å²) >= 11 is 0. The molecular formula is C13H23NO2. The summed E-state index contributed by atoms with van der Waals surface area (Å²) in [5.74, 6) is 0.0939. The van der Waals surface area contributed by atoms with Crippen LogP contribution < -0.4 is 5.32 Å². The van der Waals surface area contributed by atoms with Crippen LogP contribution in [0.1, 0.15) is 46.5 Å². The van der Waals surface area contributed by atoms with Gasteiger partial charge in [-0.05, 0) is 19.8 Å². The number of nitrogens with one attached hydrogen (secondary N) is 1. The van der Waals surface area contributed by atoms with Gasteiger partial charge in [-0.1, -0.05) is 32.3 Å². The van der Waals surface area contributed by atoms with Gasteiger partial charge in [0.1, 0.15) is 0 Å². The van der Waals surface area contributed by atoms with E-state index in [9.17, 15) is 9.90 Å². The van der Waals surface area contributed by atoms with Crippen molar-refractivity contribution < 1.29 is 9.90 Å². The van der Waals surface area contributed by atoms with Crippen LogP contribution >= 0.6 is 0 Å². The highest BCUT2D eigenvalue weighted by Gasteiger charge is 2.32. The van der Waals surface area contributed by atoms with E-state index < -0.39 is 6.10 Å². The maximum absolute atomic E-state index is 11.5. The molecule has 0 bridgehead atoms. The lowest BCUT2D eigenvalue weighted by Gasteiger charge is -2.35. The van der Waals surface area contributed by atoms with Crippen molar-refractivity contribution in [3.05, 3.63) is 11.6 Å². The van der Waals surface area contributed by atoms with E-state index in [1.165, 1.54) is 0 Å². The molecule has 0 aromatic heterocycles. The zero-order chi connectivity index (χ0) is 12.1. The van der Waals surface area contributed by atoms with E-state index in [0.29, 0.717) is 0 Å². The molecule has 0 spiro atoms. The molecular weight excluding hydrogens is 202 g/mol. The molecule has 0 fully saturated rings. The monoisotopic (exact) mass is 225 g/mol. The number of aliphatic hydroxyl groups is 1. The molecule has 3 heteroatoms. The Morgan fingerprint density at radius 3 is 2.62 bits per heavy atom. The van der Waals surface area contributed by atoms with Crippen molar-refractivity contribution in [3.63, 3.8) is 0 Å². The molecule has 3 nitrogen and oxygen atoms in total. The molecule has 0 aromatic carbocycles. The Morgan fingerprint density at radius 1 is 1.44 bits per heavy atom. The Morgan fingerprint density at radius 2 is 2.12 bits per heavy atom.